The molecule has 0 radical (unpaired) electrons. The van der Waals surface area contributed by atoms with Crippen LogP contribution in [0, 0.1) is 5.92 Å². The molecule has 1 fully saturated rings. The molecule has 4 rings (SSSR count). The van der Waals surface area contributed by atoms with Crippen molar-refractivity contribution >= 4 is 52.1 Å². The van der Waals surface area contributed by atoms with Gasteiger partial charge >= 0.3 is 10.2 Å². The van der Waals surface area contributed by atoms with E-state index in [-0.39, 0.29) is 24.2 Å². The van der Waals surface area contributed by atoms with Crippen molar-refractivity contribution in [3.05, 3.63) is 36.4 Å². The van der Waals surface area contributed by atoms with E-state index in [0.717, 1.165) is 11.3 Å². The minimum atomic E-state index is -3.75. The van der Waals surface area contributed by atoms with Gasteiger partial charge in [0.15, 0.2) is 0 Å². The molecule has 0 spiro atoms. The average molecular weight is 608 g/mol. The highest BCUT2D eigenvalue weighted by molar-refractivity contribution is 14.2. The topological polar surface area (TPSA) is 61.7 Å². The third-order valence-electron chi connectivity index (χ3n) is 6.37. The summed E-state index contributed by atoms with van der Waals surface area (Å²) in [7, 11) is -0.292. The van der Waals surface area contributed by atoms with Gasteiger partial charge in [-0.2, -0.15) is 8.42 Å². The first-order chi connectivity index (χ1) is 15.8. The van der Waals surface area contributed by atoms with Crippen LogP contribution in [-0.2, 0) is 22.2 Å². The van der Waals surface area contributed by atoms with Crippen molar-refractivity contribution in [2.45, 2.75) is 64.3 Å². The van der Waals surface area contributed by atoms with Gasteiger partial charge in [-0.15, -0.1) is 0 Å². The summed E-state index contributed by atoms with van der Waals surface area (Å²) in [5, 5.41) is 0. The van der Waals surface area contributed by atoms with Crippen LogP contribution in [0.25, 0.3) is 11.0 Å². The summed E-state index contributed by atoms with van der Waals surface area (Å²) >= 11 is -0.530. The van der Waals surface area contributed by atoms with Crippen molar-refractivity contribution < 1.29 is 17.2 Å². The van der Waals surface area contributed by atoms with Crippen molar-refractivity contribution in [1.82, 2.24) is 17.0 Å². The summed E-state index contributed by atoms with van der Waals surface area (Å²) in [6.45, 7) is 6.87. The molecule has 0 unspecified atom stereocenters. The molecule has 1 saturated carbocycles. The van der Waals surface area contributed by atoms with Crippen molar-refractivity contribution in [3.63, 3.8) is 0 Å². The van der Waals surface area contributed by atoms with Crippen molar-refractivity contribution in [2.75, 3.05) is 18.4 Å². The molecule has 0 bridgehead atoms. The number of halogens is 3. The van der Waals surface area contributed by atoms with Crippen LogP contribution in [0.2, 0.25) is 0 Å². The van der Waals surface area contributed by atoms with Gasteiger partial charge in [0.25, 0.3) is 0 Å². The van der Waals surface area contributed by atoms with Gasteiger partial charge in [-0.3, -0.25) is 4.31 Å². The number of anilines is 1. The maximum absolute atomic E-state index is 13.7. The fourth-order valence-corrected chi connectivity index (χ4v) is 7.58. The number of hydrogen-bond donors (Lipinski definition) is 0. The zero-order valence-electron chi connectivity index (χ0n) is 20.2. The first kappa shape index (κ1) is 25.3. The molecular weight excluding hydrogens is 575 g/mol. The Morgan fingerprint density at radius 1 is 1.21 bits per heavy atom. The summed E-state index contributed by atoms with van der Waals surface area (Å²) < 4.78 is 62.0. The van der Waals surface area contributed by atoms with Gasteiger partial charge in [0.2, 0.25) is 5.92 Å². The largest absolute Gasteiger partial charge is 0.329 e. The van der Waals surface area contributed by atoms with E-state index < -0.39 is 37.1 Å². The van der Waals surface area contributed by atoms with E-state index in [9.17, 15) is 17.2 Å². The minimum absolute atomic E-state index is 0.0675. The van der Waals surface area contributed by atoms with E-state index >= 15 is 0 Å². The van der Waals surface area contributed by atoms with Gasteiger partial charge in [0.1, 0.15) is 5.82 Å². The van der Waals surface area contributed by atoms with Crippen molar-refractivity contribution in [1.29, 1.82) is 0 Å². The number of hydrogen-bond acceptors (Lipinski definition) is 4. The SMILES string of the molecule is CN1C=CN(S(=O)(=O)N(C)c2ccc3c(c2)nc(C(C)(C)C)n3CC2CCC(F)(F)CC2)C=I1. The van der Waals surface area contributed by atoms with Crippen LogP contribution in [0.4, 0.5) is 14.5 Å². The number of benzene rings is 1. The van der Waals surface area contributed by atoms with Gasteiger partial charge in [-0.1, -0.05) is 20.8 Å². The molecule has 2 heterocycles. The molecule has 1 aromatic heterocycles. The minimum Gasteiger partial charge on any atom is -0.327 e. The zero-order valence-corrected chi connectivity index (χ0v) is 23.1. The predicted molar refractivity (Wildman–Crippen MR) is 141 cm³/mol. The number of nitrogens with zero attached hydrogens (tertiary/aromatic N) is 5. The molecule has 0 N–H and O–H groups in total. The fourth-order valence-electron chi connectivity index (χ4n) is 4.35. The average Bonchev–Trinajstić information content (AvgIpc) is 3.13. The zero-order chi connectivity index (χ0) is 24.9. The normalized spacial score (nSPS) is 19.5. The lowest BCUT2D eigenvalue weighted by Crippen LogP contribution is -2.39. The number of aromatic nitrogens is 2. The molecule has 1 aliphatic heterocycles. The Balaban J connectivity index is 1.66. The summed E-state index contributed by atoms with van der Waals surface area (Å²) in [6.07, 6.45) is 4.16. The molecule has 2 aliphatic rings. The first-order valence-corrected chi connectivity index (χ1v) is 14.9. The maximum Gasteiger partial charge on any atom is 0.329 e. The predicted octanol–water partition coefficient (Wildman–Crippen LogP) is 5.20. The van der Waals surface area contributed by atoms with E-state index in [2.05, 4.69) is 25.3 Å². The molecule has 34 heavy (non-hydrogen) atoms. The van der Waals surface area contributed by atoms with E-state index in [1.807, 2.05) is 16.2 Å². The Morgan fingerprint density at radius 3 is 2.47 bits per heavy atom. The third kappa shape index (κ3) is 5.09. The van der Waals surface area contributed by atoms with E-state index in [1.54, 1.807) is 35.7 Å². The second kappa shape index (κ2) is 9.03. The smallest absolute Gasteiger partial charge is 0.327 e. The molecule has 1 aliphatic carbocycles. The molecule has 0 atom stereocenters. The maximum atomic E-state index is 13.7. The second-order valence-corrected chi connectivity index (χ2v) is 14.6. The summed E-state index contributed by atoms with van der Waals surface area (Å²) in [5.74, 6) is -1.50. The molecule has 0 amide bonds. The summed E-state index contributed by atoms with van der Waals surface area (Å²) in [5.41, 5.74) is 1.87. The van der Waals surface area contributed by atoms with Gasteiger partial charge in [0, 0.05) is 72.3 Å². The van der Waals surface area contributed by atoms with Gasteiger partial charge < -0.3 is 7.68 Å². The number of alkyl halides is 2. The summed E-state index contributed by atoms with van der Waals surface area (Å²) in [4.78, 5) is 4.88. The van der Waals surface area contributed by atoms with Crippen molar-refractivity contribution in [2.24, 2.45) is 5.92 Å². The summed E-state index contributed by atoms with van der Waals surface area (Å²) in [6, 6.07) is 5.48. The Bertz CT molecular complexity index is 1210. The van der Waals surface area contributed by atoms with Crippen LogP contribution in [0.3, 0.4) is 0 Å². The van der Waals surface area contributed by atoms with E-state index in [0.29, 0.717) is 30.6 Å². The highest BCUT2D eigenvalue weighted by Gasteiger charge is 2.36. The quantitative estimate of drug-likeness (QED) is 0.346. The lowest BCUT2D eigenvalue weighted by atomic mass is 9.86. The Morgan fingerprint density at radius 2 is 1.88 bits per heavy atom. The number of fused-ring (bicyclic) bond motifs is 1. The molecule has 188 valence electrons. The molecule has 0 saturated heterocycles. The lowest BCUT2D eigenvalue weighted by molar-refractivity contribution is -0.0473. The van der Waals surface area contributed by atoms with Crippen molar-refractivity contribution in [3.8, 4) is 0 Å². The Kier molecular flexibility index (Phi) is 6.73. The molecular formula is C23H32F2IN5O2S. The Hall–Kier alpha value is -1.76. The van der Waals surface area contributed by atoms with Gasteiger partial charge in [0.05, 0.1) is 20.9 Å². The number of imidazole rings is 1. The first-order valence-electron chi connectivity index (χ1n) is 11.3. The van der Waals surface area contributed by atoms with Crippen LogP contribution in [0.1, 0.15) is 52.3 Å². The van der Waals surface area contributed by atoms with Crippen LogP contribution >= 0.6 is 21.0 Å². The monoisotopic (exact) mass is 607 g/mol. The highest BCUT2D eigenvalue weighted by atomic mass is 127. The third-order valence-corrected chi connectivity index (χ3v) is 10.5. The fraction of sp³-hybridized carbons (Fsp3) is 0.565. The lowest BCUT2D eigenvalue weighted by Gasteiger charge is -2.30. The highest BCUT2D eigenvalue weighted by Crippen LogP contribution is 2.38. The van der Waals surface area contributed by atoms with E-state index in [1.165, 1.54) is 8.61 Å². The Labute approximate surface area is 210 Å². The van der Waals surface area contributed by atoms with Crippen LogP contribution < -0.4 is 4.31 Å². The van der Waals surface area contributed by atoms with E-state index in [4.69, 9.17) is 4.98 Å². The standard InChI is InChI=1S/C23H32F2IN5O2S/c1-22(2,3)21-27-19-14-18(29(5)34(32,33)30-13-12-28(4)26-16-30)6-7-20(19)31(21)15-17-8-10-23(24,25)11-9-17/h6-7,12-14,16-17H,8-11,15H2,1-5H3. The molecule has 7 nitrogen and oxygen atoms in total. The molecule has 11 heteroatoms. The van der Waals surface area contributed by atoms with Gasteiger partial charge in [-0.05, 0) is 37.0 Å². The van der Waals surface area contributed by atoms with Gasteiger partial charge in [-0.25, -0.2) is 18.1 Å². The molecule has 1 aromatic carbocycles. The number of rotatable bonds is 5. The second-order valence-electron chi connectivity index (χ2n) is 10.1. The van der Waals surface area contributed by atoms with Crippen LogP contribution in [0.15, 0.2) is 30.6 Å². The molecule has 2 aromatic rings. The van der Waals surface area contributed by atoms with Crippen LogP contribution in [-0.4, -0.2) is 49.5 Å². The van der Waals surface area contributed by atoms with Crippen LogP contribution in [0.5, 0.6) is 0 Å².